The van der Waals surface area contributed by atoms with Crippen LogP contribution in [0.25, 0.3) is 0 Å². The first-order valence-electron chi connectivity index (χ1n) is 8.58. The van der Waals surface area contributed by atoms with E-state index < -0.39 is 0 Å². The first-order valence-corrected chi connectivity index (χ1v) is 8.58. The molecule has 0 bridgehead atoms. The van der Waals surface area contributed by atoms with E-state index in [9.17, 15) is 5.11 Å². The molecule has 1 aromatic rings. The summed E-state index contributed by atoms with van der Waals surface area (Å²) in [5, 5.41) is 10.8. The van der Waals surface area contributed by atoms with Crippen molar-refractivity contribution in [2.75, 3.05) is 0 Å². The highest BCUT2D eigenvalue weighted by Gasteiger charge is 2.51. The van der Waals surface area contributed by atoms with Gasteiger partial charge in [0, 0.05) is 0 Å². The SMILES string of the molecule is CC(C)c1ccc2c(c1)C(O)CC1C(C)(C)CCCC21C. The normalized spacial score (nSPS) is 34.4. The van der Waals surface area contributed by atoms with Crippen molar-refractivity contribution >= 4 is 0 Å². The van der Waals surface area contributed by atoms with Gasteiger partial charge in [0.25, 0.3) is 0 Å². The van der Waals surface area contributed by atoms with E-state index in [0.717, 1.165) is 6.42 Å². The van der Waals surface area contributed by atoms with Crippen molar-refractivity contribution in [2.45, 2.75) is 77.7 Å². The molecule has 2 aliphatic rings. The fourth-order valence-electron chi connectivity index (χ4n) is 5.11. The second kappa shape index (κ2) is 4.84. The molecule has 0 aromatic heterocycles. The Hall–Kier alpha value is -0.820. The molecule has 0 amide bonds. The van der Waals surface area contributed by atoms with Crippen molar-refractivity contribution in [2.24, 2.45) is 11.3 Å². The first kappa shape index (κ1) is 15.1. The van der Waals surface area contributed by atoms with E-state index >= 15 is 0 Å². The molecule has 1 saturated carbocycles. The van der Waals surface area contributed by atoms with Crippen molar-refractivity contribution in [3.8, 4) is 0 Å². The minimum atomic E-state index is -0.283. The van der Waals surface area contributed by atoms with E-state index in [1.54, 1.807) is 0 Å². The lowest BCUT2D eigenvalue weighted by atomic mass is 9.50. The molecule has 0 aliphatic heterocycles. The van der Waals surface area contributed by atoms with E-state index in [4.69, 9.17) is 0 Å². The molecule has 3 unspecified atom stereocenters. The molecule has 0 saturated heterocycles. The van der Waals surface area contributed by atoms with Crippen LogP contribution in [-0.4, -0.2) is 5.11 Å². The molecular weight excluding hydrogens is 256 g/mol. The van der Waals surface area contributed by atoms with Crippen LogP contribution in [0.3, 0.4) is 0 Å². The Labute approximate surface area is 129 Å². The van der Waals surface area contributed by atoms with E-state index in [-0.39, 0.29) is 11.5 Å². The summed E-state index contributed by atoms with van der Waals surface area (Å²) in [4.78, 5) is 0. The lowest BCUT2D eigenvalue weighted by Gasteiger charge is -2.55. The third-order valence-corrected chi connectivity index (χ3v) is 6.41. The third kappa shape index (κ3) is 2.25. The maximum atomic E-state index is 10.8. The van der Waals surface area contributed by atoms with Gasteiger partial charge in [0.1, 0.15) is 0 Å². The summed E-state index contributed by atoms with van der Waals surface area (Å²) >= 11 is 0. The maximum absolute atomic E-state index is 10.8. The Kier molecular flexibility index (Phi) is 3.48. The van der Waals surface area contributed by atoms with Crippen LogP contribution in [0, 0.1) is 11.3 Å². The second-order valence-electron chi connectivity index (χ2n) is 8.57. The Morgan fingerprint density at radius 2 is 1.86 bits per heavy atom. The van der Waals surface area contributed by atoms with Gasteiger partial charge in [-0.3, -0.25) is 0 Å². The highest BCUT2D eigenvalue weighted by atomic mass is 16.3. The topological polar surface area (TPSA) is 20.2 Å². The van der Waals surface area contributed by atoms with Gasteiger partial charge < -0.3 is 5.11 Å². The van der Waals surface area contributed by atoms with Gasteiger partial charge in [-0.05, 0) is 58.6 Å². The Morgan fingerprint density at radius 3 is 2.52 bits per heavy atom. The number of aliphatic hydroxyl groups excluding tert-OH is 1. The van der Waals surface area contributed by atoms with Gasteiger partial charge in [-0.15, -0.1) is 0 Å². The summed E-state index contributed by atoms with van der Waals surface area (Å²) in [7, 11) is 0. The molecule has 3 atom stereocenters. The van der Waals surface area contributed by atoms with Crippen molar-refractivity contribution in [3.63, 3.8) is 0 Å². The van der Waals surface area contributed by atoms with Gasteiger partial charge in [0.2, 0.25) is 0 Å². The molecule has 1 fully saturated rings. The third-order valence-electron chi connectivity index (χ3n) is 6.41. The van der Waals surface area contributed by atoms with Gasteiger partial charge in [-0.25, -0.2) is 0 Å². The van der Waals surface area contributed by atoms with Gasteiger partial charge in [-0.2, -0.15) is 0 Å². The average Bonchev–Trinajstić information content (AvgIpc) is 2.41. The monoisotopic (exact) mass is 286 g/mol. The minimum absolute atomic E-state index is 0.242. The van der Waals surface area contributed by atoms with Crippen LogP contribution in [0.1, 0.15) is 89.0 Å². The summed E-state index contributed by atoms with van der Waals surface area (Å²) in [6, 6.07) is 6.88. The zero-order chi connectivity index (χ0) is 15.4. The van der Waals surface area contributed by atoms with Crippen molar-refractivity contribution in [3.05, 3.63) is 34.9 Å². The summed E-state index contributed by atoms with van der Waals surface area (Å²) in [5.41, 5.74) is 4.56. The Balaban J connectivity index is 2.12. The van der Waals surface area contributed by atoms with Crippen molar-refractivity contribution < 1.29 is 5.11 Å². The quantitative estimate of drug-likeness (QED) is 0.739. The van der Waals surface area contributed by atoms with Gasteiger partial charge >= 0.3 is 0 Å². The lowest BCUT2D eigenvalue weighted by molar-refractivity contribution is -0.00675. The highest BCUT2D eigenvalue weighted by Crippen LogP contribution is 2.59. The van der Waals surface area contributed by atoms with E-state index in [2.05, 4.69) is 52.8 Å². The molecule has 1 heteroatoms. The predicted molar refractivity (Wildman–Crippen MR) is 88.6 cm³/mol. The second-order valence-corrected chi connectivity index (χ2v) is 8.57. The highest BCUT2D eigenvalue weighted by molar-refractivity contribution is 5.43. The van der Waals surface area contributed by atoms with E-state index in [0.29, 0.717) is 17.3 Å². The van der Waals surface area contributed by atoms with Crippen LogP contribution in [0.2, 0.25) is 0 Å². The molecule has 116 valence electrons. The summed E-state index contributed by atoms with van der Waals surface area (Å²) in [6.45, 7) is 11.7. The largest absolute Gasteiger partial charge is 0.388 e. The lowest BCUT2D eigenvalue weighted by Crippen LogP contribution is -2.48. The van der Waals surface area contributed by atoms with Crippen LogP contribution in [0.5, 0.6) is 0 Å². The Morgan fingerprint density at radius 1 is 1.14 bits per heavy atom. The molecule has 0 spiro atoms. The van der Waals surface area contributed by atoms with Crippen molar-refractivity contribution in [1.29, 1.82) is 0 Å². The fraction of sp³-hybridized carbons (Fsp3) is 0.700. The summed E-state index contributed by atoms with van der Waals surface area (Å²) in [5.74, 6) is 1.11. The standard InChI is InChI=1S/C20H30O/c1-13(2)14-7-8-16-15(11-14)17(21)12-18-19(3,4)9-6-10-20(16,18)5/h7-8,11,13,17-18,21H,6,9-10,12H2,1-5H3. The molecule has 1 N–H and O–H groups in total. The van der Waals surface area contributed by atoms with Crippen molar-refractivity contribution in [1.82, 2.24) is 0 Å². The van der Waals surface area contributed by atoms with Crippen LogP contribution in [-0.2, 0) is 5.41 Å². The maximum Gasteiger partial charge on any atom is 0.0796 e. The first-order chi connectivity index (χ1) is 9.75. The number of rotatable bonds is 1. The predicted octanol–water partition coefficient (Wildman–Crippen LogP) is 5.33. The number of aliphatic hydroxyl groups is 1. The van der Waals surface area contributed by atoms with E-state index in [1.807, 2.05) is 0 Å². The molecule has 0 heterocycles. The molecule has 3 rings (SSSR count). The van der Waals surface area contributed by atoms with Gasteiger partial charge in [0.15, 0.2) is 0 Å². The smallest absolute Gasteiger partial charge is 0.0796 e. The molecule has 1 aromatic carbocycles. The van der Waals surface area contributed by atoms with Gasteiger partial charge in [-0.1, -0.05) is 59.2 Å². The molecule has 0 radical (unpaired) electrons. The zero-order valence-corrected chi connectivity index (χ0v) is 14.2. The summed E-state index contributed by atoms with van der Waals surface area (Å²) < 4.78 is 0. The zero-order valence-electron chi connectivity index (χ0n) is 14.2. The van der Waals surface area contributed by atoms with Crippen LogP contribution >= 0.6 is 0 Å². The summed E-state index contributed by atoms with van der Waals surface area (Å²) in [6.07, 6.45) is 4.51. The van der Waals surface area contributed by atoms with Crippen LogP contribution < -0.4 is 0 Å². The average molecular weight is 286 g/mol. The van der Waals surface area contributed by atoms with Crippen LogP contribution in [0.15, 0.2) is 18.2 Å². The molecule has 1 nitrogen and oxygen atoms in total. The molecular formula is C20H30O. The van der Waals surface area contributed by atoms with E-state index in [1.165, 1.54) is 36.0 Å². The van der Waals surface area contributed by atoms with Gasteiger partial charge in [0.05, 0.1) is 6.10 Å². The number of fused-ring (bicyclic) bond motifs is 3. The number of hydrogen-bond donors (Lipinski definition) is 1. The Bertz CT molecular complexity index is 543. The number of benzene rings is 1. The fourth-order valence-corrected chi connectivity index (χ4v) is 5.11. The molecule has 21 heavy (non-hydrogen) atoms. The number of hydrogen-bond acceptors (Lipinski definition) is 1. The minimum Gasteiger partial charge on any atom is -0.388 e. The molecule has 2 aliphatic carbocycles. The van der Waals surface area contributed by atoms with Crippen LogP contribution in [0.4, 0.5) is 0 Å².